The van der Waals surface area contributed by atoms with E-state index in [0.717, 1.165) is 18.4 Å². The Bertz CT molecular complexity index is 1010. The molecule has 3 fully saturated rings. The van der Waals surface area contributed by atoms with Gasteiger partial charge in [-0.25, -0.2) is 0 Å². The van der Waals surface area contributed by atoms with Crippen molar-refractivity contribution in [3.63, 3.8) is 0 Å². The molecule has 0 heterocycles. The van der Waals surface area contributed by atoms with Crippen LogP contribution in [-0.2, 0) is 32.7 Å². The highest BCUT2D eigenvalue weighted by Crippen LogP contribution is 2.66. The third-order valence-electron chi connectivity index (χ3n) is 9.00. The largest absolute Gasteiger partial charge is 0.381 e. The van der Waals surface area contributed by atoms with Crippen LogP contribution in [0.4, 0.5) is 0 Å². The van der Waals surface area contributed by atoms with E-state index in [1.807, 2.05) is 19.9 Å². The lowest BCUT2D eigenvalue weighted by Crippen LogP contribution is -2.60. The van der Waals surface area contributed by atoms with Crippen LogP contribution in [0, 0.1) is 28.6 Å². The minimum absolute atomic E-state index is 0.00139. The summed E-state index contributed by atoms with van der Waals surface area (Å²) in [5, 5.41) is 11.7. The van der Waals surface area contributed by atoms with Crippen molar-refractivity contribution < 1.29 is 37.8 Å². The van der Waals surface area contributed by atoms with Crippen LogP contribution in [0.15, 0.2) is 23.8 Å². The van der Waals surface area contributed by atoms with Gasteiger partial charge in [0.05, 0.1) is 13.2 Å². The van der Waals surface area contributed by atoms with Gasteiger partial charge in [0, 0.05) is 23.2 Å². The van der Waals surface area contributed by atoms with E-state index in [9.17, 15) is 24.1 Å². The molecule has 1 N–H and O–H groups in total. The monoisotopic (exact) mass is 508 g/mol. The summed E-state index contributed by atoms with van der Waals surface area (Å²) < 4.78 is 28.5. The van der Waals surface area contributed by atoms with Gasteiger partial charge in [-0.2, -0.15) is 0 Å². The second-order valence-electron chi connectivity index (χ2n) is 10.8. The number of aliphatic hydroxyl groups is 1. The van der Waals surface area contributed by atoms with E-state index in [2.05, 4.69) is 0 Å². The lowest BCUT2D eigenvalue weighted by Gasteiger charge is -2.56. The average molecular weight is 509 g/mol. The topological polar surface area (TPSA) is 116 Å². The highest BCUT2D eigenvalue weighted by atomic mass is 31.2. The molecule has 3 saturated carbocycles. The Hall–Kier alpha value is -1.44. The van der Waals surface area contributed by atoms with Crippen molar-refractivity contribution in [3.8, 4) is 0 Å². The summed E-state index contributed by atoms with van der Waals surface area (Å²) >= 11 is 0. The first kappa shape index (κ1) is 26.6. The average Bonchev–Trinajstić information content (AvgIpc) is 3.05. The van der Waals surface area contributed by atoms with Crippen LogP contribution in [-0.4, -0.2) is 54.2 Å². The quantitative estimate of drug-likeness (QED) is 0.465. The van der Waals surface area contributed by atoms with Gasteiger partial charge in [-0.05, 0) is 63.5 Å². The Morgan fingerprint density at radius 2 is 1.86 bits per heavy atom. The zero-order valence-corrected chi connectivity index (χ0v) is 22.0. The van der Waals surface area contributed by atoms with Crippen LogP contribution in [0.3, 0.4) is 0 Å². The van der Waals surface area contributed by atoms with Gasteiger partial charge in [0.1, 0.15) is 24.3 Å². The van der Waals surface area contributed by atoms with E-state index in [4.69, 9.17) is 13.8 Å². The molecule has 0 saturated heterocycles. The smallest absolute Gasteiger partial charge is 0.356 e. The summed E-state index contributed by atoms with van der Waals surface area (Å²) in [6.07, 6.45) is 7.22. The van der Waals surface area contributed by atoms with E-state index >= 15 is 0 Å². The molecule has 0 unspecified atom stereocenters. The van der Waals surface area contributed by atoms with Crippen molar-refractivity contribution in [2.75, 3.05) is 26.2 Å². The Balaban J connectivity index is 1.52. The molecule has 0 aromatic rings. The third kappa shape index (κ3) is 4.25. The van der Waals surface area contributed by atoms with Gasteiger partial charge in [0.2, 0.25) is 0 Å². The molecule has 4 aliphatic carbocycles. The van der Waals surface area contributed by atoms with Crippen LogP contribution in [0.25, 0.3) is 0 Å². The lowest BCUT2D eigenvalue weighted by molar-refractivity contribution is -0.169. The third-order valence-corrected chi connectivity index (χ3v) is 10.8. The van der Waals surface area contributed by atoms with Gasteiger partial charge in [0.15, 0.2) is 11.6 Å². The predicted octanol–water partition coefficient (Wildman–Crippen LogP) is 4.01. The molecule has 9 heteroatoms. The van der Waals surface area contributed by atoms with Crippen LogP contribution in [0.1, 0.15) is 59.8 Å². The second kappa shape index (κ2) is 9.46. The van der Waals surface area contributed by atoms with Crippen molar-refractivity contribution in [3.05, 3.63) is 23.8 Å². The Labute approximate surface area is 207 Å². The highest BCUT2D eigenvalue weighted by molar-refractivity contribution is 7.53. The first-order valence-corrected chi connectivity index (χ1v) is 14.4. The zero-order valence-electron chi connectivity index (χ0n) is 21.1. The fourth-order valence-corrected chi connectivity index (χ4v) is 8.69. The molecule has 0 aromatic carbocycles. The lowest BCUT2D eigenvalue weighted by atomic mass is 9.46. The Kier molecular flexibility index (Phi) is 7.19. The summed E-state index contributed by atoms with van der Waals surface area (Å²) in [5.74, 6) is -0.738. The number of ketones is 3. The SMILES string of the molecule is CCOP(=O)(COCC(=O)[C@@]1(O)CC[C@H]2[C@@H]3CCC4=CC(=O)C=C[C@]4(C)[C@H]3C(=O)C[C@@]21C)OCC. The normalized spacial score (nSPS) is 38.5. The molecule has 6 atom stereocenters. The summed E-state index contributed by atoms with van der Waals surface area (Å²) in [6.45, 7) is 7.21. The molecule has 35 heavy (non-hydrogen) atoms. The fourth-order valence-electron chi connectivity index (χ4n) is 7.37. The number of rotatable bonds is 9. The molecule has 8 nitrogen and oxygen atoms in total. The van der Waals surface area contributed by atoms with Gasteiger partial charge in [-0.1, -0.05) is 25.5 Å². The Morgan fingerprint density at radius 3 is 2.51 bits per heavy atom. The number of carbonyl (C=O) groups excluding carboxylic acids is 3. The minimum atomic E-state index is -3.48. The summed E-state index contributed by atoms with van der Waals surface area (Å²) in [7, 11) is -3.48. The van der Waals surface area contributed by atoms with Gasteiger partial charge in [0.25, 0.3) is 0 Å². The van der Waals surface area contributed by atoms with Crippen LogP contribution in [0.2, 0.25) is 0 Å². The maximum atomic E-state index is 13.6. The molecule has 4 aliphatic rings. The van der Waals surface area contributed by atoms with E-state index in [1.54, 1.807) is 26.0 Å². The van der Waals surface area contributed by atoms with Gasteiger partial charge in [-0.15, -0.1) is 0 Å². The van der Waals surface area contributed by atoms with Crippen LogP contribution < -0.4 is 0 Å². The number of Topliss-reactive ketones (excluding diaryl/α,β-unsaturated/α-hetero) is 2. The van der Waals surface area contributed by atoms with Gasteiger partial charge < -0.3 is 18.9 Å². The molecular weight excluding hydrogens is 471 g/mol. The number of hydrogen-bond acceptors (Lipinski definition) is 8. The number of carbonyl (C=O) groups is 3. The molecule has 0 amide bonds. The molecule has 0 aromatic heterocycles. The maximum Gasteiger partial charge on any atom is 0.356 e. The second-order valence-corrected chi connectivity index (χ2v) is 12.8. The van der Waals surface area contributed by atoms with Crippen molar-refractivity contribution in [2.24, 2.45) is 28.6 Å². The van der Waals surface area contributed by atoms with Crippen molar-refractivity contribution in [2.45, 2.75) is 65.4 Å². The fraction of sp³-hybridized carbons (Fsp3) is 0.731. The first-order chi connectivity index (χ1) is 16.4. The number of hydrogen-bond donors (Lipinski definition) is 1. The van der Waals surface area contributed by atoms with Crippen molar-refractivity contribution in [1.82, 2.24) is 0 Å². The molecule has 0 radical (unpaired) electrons. The van der Waals surface area contributed by atoms with E-state index in [0.29, 0.717) is 6.42 Å². The minimum Gasteiger partial charge on any atom is -0.381 e. The number of fused-ring (bicyclic) bond motifs is 5. The molecule has 0 bridgehead atoms. The van der Waals surface area contributed by atoms with E-state index in [-0.39, 0.29) is 61.7 Å². The van der Waals surface area contributed by atoms with Gasteiger partial charge >= 0.3 is 7.60 Å². The van der Waals surface area contributed by atoms with Gasteiger partial charge in [-0.3, -0.25) is 18.9 Å². The maximum absolute atomic E-state index is 13.6. The summed E-state index contributed by atoms with van der Waals surface area (Å²) in [4.78, 5) is 38.9. The number of ether oxygens (including phenoxy) is 1. The molecule has 194 valence electrons. The molecule has 4 rings (SSSR count). The predicted molar refractivity (Wildman–Crippen MR) is 129 cm³/mol. The molecular formula is C26H37O8P. The van der Waals surface area contributed by atoms with E-state index in [1.165, 1.54) is 0 Å². The summed E-state index contributed by atoms with van der Waals surface area (Å²) in [5.41, 5.74) is -2.09. The highest BCUT2D eigenvalue weighted by Gasteiger charge is 2.68. The number of allylic oxidation sites excluding steroid dienone is 4. The Morgan fingerprint density at radius 1 is 1.17 bits per heavy atom. The standard InChI is InChI=1S/C26H37O8P/c1-5-33-35(31,34-6-2)16-32-15-22(29)26(30)12-10-20-19-8-7-17-13-18(27)9-11-24(17,3)23(19)21(28)14-25(20,26)4/h9,11,13,19-20,23,30H,5-8,10,12,14-16H2,1-4H3/t19-,20-,23+,24-,25-,26-/m0/s1. The van der Waals surface area contributed by atoms with Crippen LogP contribution >= 0.6 is 7.60 Å². The van der Waals surface area contributed by atoms with Crippen molar-refractivity contribution in [1.29, 1.82) is 0 Å². The molecule has 0 spiro atoms. The molecule has 0 aliphatic heterocycles. The zero-order chi connectivity index (χ0) is 25.6. The van der Waals surface area contributed by atoms with E-state index < -0.39 is 36.4 Å². The first-order valence-electron chi connectivity index (χ1n) is 12.6. The summed E-state index contributed by atoms with van der Waals surface area (Å²) in [6, 6.07) is 0. The van der Waals surface area contributed by atoms with Crippen molar-refractivity contribution >= 4 is 24.9 Å². The van der Waals surface area contributed by atoms with Crippen LogP contribution in [0.5, 0.6) is 0 Å².